The molecule has 1 N–H and O–H groups in total. The summed E-state index contributed by atoms with van der Waals surface area (Å²) in [6, 6.07) is 5.88. The molecule has 1 amide bonds. The van der Waals surface area contributed by atoms with Crippen LogP contribution in [0.15, 0.2) is 22.7 Å². The maximum atomic E-state index is 12.0. The maximum absolute atomic E-state index is 12.0. The van der Waals surface area contributed by atoms with Crippen LogP contribution in [0.5, 0.6) is 0 Å². The van der Waals surface area contributed by atoms with Crippen molar-refractivity contribution in [3.63, 3.8) is 0 Å². The minimum Gasteiger partial charge on any atom is -0.326 e. The Morgan fingerprint density at radius 2 is 2.00 bits per heavy atom. The number of nitrogens with one attached hydrogen (secondary N) is 1. The lowest BCUT2D eigenvalue weighted by atomic mass is 9.84. The fourth-order valence-electron chi connectivity index (χ4n) is 2.32. The van der Waals surface area contributed by atoms with Crippen molar-refractivity contribution in [2.75, 3.05) is 5.32 Å². The molecule has 1 aromatic rings. The molecule has 0 spiro atoms. The molecule has 106 valence electrons. The van der Waals surface area contributed by atoms with Gasteiger partial charge in [0.25, 0.3) is 0 Å². The van der Waals surface area contributed by atoms with Crippen LogP contribution in [-0.4, -0.2) is 5.91 Å². The second kappa shape index (κ2) is 6.56. The molecule has 0 bridgehead atoms. The smallest absolute Gasteiger partial charge is 0.224 e. The second-order valence-corrected chi connectivity index (χ2v) is 7.44. The molecular weight excluding hydrogens is 302 g/mol. The average Bonchev–Trinajstić information content (AvgIpc) is 2.20. The Labute approximate surface area is 125 Å². The van der Waals surface area contributed by atoms with Crippen LogP contribution < -0.4 is 5.32 Å². The molecule has 1 atom stereocenters. The van der Waals surface area contributed by atoms with E-state index in [1.807, 2.05) is 25.1 Å². The lowest BCUT2D eigenvalue weighted by molar-refractivity contribution is -0.117. The molecule has 0 heterocycles. The van der Waals surface area contributed by atoms with Crippen LogP contribution in [0.25, 0.3) is 0 Å². The van der Waals surface area contributed by atoms with E-state index in [1.165, 1.54) is 5.56 Å². The lowest BCUT2D eigenvalue weighted by Crippen LogP contribution is -2.18. The highest BCUT2D eigenvalue weighted by Crippen LogP contribution is 2.26. The number of anilines is 1. The van der Waals surface area contributed by atoms with E-state index >= 15 is 0 Å². The fourth-order valence-corrected chi connectivity index (χ4v) is 2.70. The van der Waals surface area contributed by atoms with Crippen molar-refractivity contribution >= 4 is 27.5 Å². The van der Waals surface area contributed by atoms with Gasteiger partial charge in [-0.3, -0.25) is 4.79 Å². The van der Waals surface area contributed by atoms with Gasteiger partial charge in [0.2, 0.25) is 5.91 Å². The first-order chi connectivity index (χ1) is 8.67. The van der Waals surface area contributed by atoms with Crippen LogP contribution in [0.4, 0.5) is 5.69 Å². The van der Waals surface area contributed by atoms with Crippen molar-refractivity contribution in [2.45, 2.75) is 47.5 Å². The third-order valence-electron chi connectivity index (χ3n) is 2.95. The standard InChI is InChI=1S/C16H24BrNO/c1-11(10-16(3,4)5)8-15(19)18-13-7-6-12(2)14(17)9-13/h6-7,9,11H,8,10H2,1-5H3,(H,18,19). The predicted molar refractivity (Wildman–Crippen MR) is 85.4 cm³/mol. The molecule has 0 radical (unpaired) electrons. The zero-order valence-corrected chi connectivity index (χ0v) is 14.1. The quantitative estimate of drug-likeness (QED) is 0.814. The first-order valence-corrected chi connectivity index (χ1v) is 7.53. The summed E-state index contributed by atoms with van der Waals surface area (Å²) in [5.41, 5.74) is 2.29. The molecule has 0 saturated heterocycles. The van der Waals surface area contributed by atoms with E-state index in [0.717, 1.165) is 16.6 Å². The van der Waals surface area contributed by atoms with E-state index in [0.29, 0.717) is 12.3 Å². The number of hydrogen-bond donors (Lipinski definition) is 1. The summed E-state index contributed by atoms with van der Waals surface area (Å²) in [6.45, 7) is 10.8. The zero-order valence-electron chi connectivity index (χ0n) is 12.5. The summed E-state index contributed by atoms with van der Waals surface area (Å²) in [5.74, 6) is 0.487. The van der Waals surface area contributed by atoms with Crippen molar-refractivity contribution in [3.05, 3.63) is 28.2 Å². The van der Waals surface area contributed by atoms with E-state index < -0.39 is 0 Å². The van der Waals surface area contributed by atoms with Gasteiger partial charge in [0, 0.05) is 16.6 Å². The van der Waals surface area contributed by atoms with Crippen LogP contribution >= 0.6 is 15.9 Å². The summed E-state index contributed by atoms with van der Waals surface area (Å²) >= 11 is 3.48. The van der Waals surface area contributed by atoms with Gasteiger partial charge in [-0.25, -0.2) is 0 Å². The normalized spacial score (nSPS) is 13.2. The number of carbonyl (C=O) groups excluding carboxylic acids is 1. The van der Waals surface area contributed by atoms with E-state index in [9.17, 15) is 4.79 Å². The molecule has 0 aliphatic carbocycles. The van der Waals surface area contributed by atoms with Gasteiger partial charge in [-0.1, -0.05) is 49.7 Å². The predicted octanol–water partition coefficient (Wildman–Crippen LogP) is 5.16. The van der Waals surface area contributed by atoms with Gasteiger partial charge < -0.3 is 5.32 Å². The number of amides is 1. The van der Waals surface area contributed by atoms with E-state index in [-0.39, 0.29) is 11.3 Å². The van der Waals surface area contributed by atoms with Gasteiger partial charge in [0.05, 0.1) is 0 Å². The fraction of sp³-hybridized carbons (Fsp3) is 0.562. The summed E-state index contributed by atoms with van der Waals surface area (Å²) in [5, 5.41) is 2.96. The van der Waals surface area contributed by atoms with Gasteiger partial charge in [0.1, 0.15) is 0 Å². The van der Waals surface area contributed by atoms with Crippen molar-refractivity contribution < 1.29 is 4.79 Å². The Morgan fingerprint density at radius 1 is 1.37 bits per heavy atom. The highest BCUT2D eigenvalue weighted by atomic mass is 79.9. The third kappa shape index (κ3) is 6.24. The van der Waals surface area contributed by atoms with Crippen LogP contribution in [0.1, 0.15) is 46.1 Å². The number of aryl methyl sites for hydroxylation is 1. The number of benzene rings is 1. The lowest BCUT2D eigenvalue weighted by Gasteiger charge is -2.22. The number of halogens is 1. The Kier molecular flexibility index (Phi) is 5.60. The van der Waals surface area contributed by atoms with E-state index in [4.69, 9.17) is 0 Å². The molecule has 1 unspecified atom stereocenters. The van der Waals surface area contributed by atoms with Crippen LogP contribution in [0.2, 0.25) is 0 Å². The van der Waals surface area contributed by atoms with Crippen LogP contribution in [0, 0.1) is 18.3 Å². The number of hydrogen-bond acceptors (Lipinski definition) is 1. The SMILES string of the molecule is Cc1ccc(NC(=O)CC(C)CC(C)(C)C)cc1Br. The Balaban J connectivity index is 2.53. The molecule has 0 aromatic heterocycles. The van der Waals surface area contributed by atoms with Gasteiger partial charge >= 0.3 is 0 Å². The molecule has 0 aliphatic rings. The van der Waals surface area contributed by atoms with Gasteiger partial charge in [-0.15, -0.1) is 0 Å². The first-order valence-electron chi connectivity index (χ1n) is 6.73. The summed E-state index contributed by atoms with van der Waals surface area (Å²) < 4.78 is 1.02. The molecule has 0 saturated carbocycles. The zero-order chi connectivity index (χ0) is 14.6. The van der Waals surface area contributed by atoms with Crippen molar-refractivity contribution in [3.8, 4) is 0 Å². The molecular formula is C16H24BrNO. The molecule has 3 heteroatoms. The third-order valence-corrected chi connectivity index (χ3v) is 3.80. The van der Waals surface area contributed by atoms with Gasteiger partial charge in [-0.2, -0.15) is 0 Å². The first kappa shape index (κ1) is 16.2. The minimum absolute atomic E-state index is 0.0903. The topological polar surface area (TPSA) is 29.1 Å². The monoisotopic (exact) mass is 325 g/mol. The Hall–Kier alpha value is -0.830. The minimum atomic E-state index is 0.0903. The molecule has 0 aliphatic heterocycles. The van der Waals surface area contributed by atoms with Gasteiger partial charge in [0.15, 0.2) is 0 Å². The molecule has 19 heavy (non-hydrogen) atoms. The second-order valence-electron chi connectivity index (χ2n) is 6.59. The van der Waals surface area contributed by atoms with Crippen LogP contribution in [-0.2, 0) is 4.79 Å². The Morgan fingerprint density at radius 3 is 2.53 bits per heavy atom. The summed E-state index contributed by atoms with van der Waals surface area (Å²) in [4.78, 5) is 12.0. The number of carbonyl (C=O) groups is 1. The van der Waals surface area contributed by atoms with E-state index in [1.54, 1.807) is 0 Å². The number of rotatable bonds is 4. The van der Waals surface area contributed by atoms with Crippen LogP contribution in [0.3, 0.4) is 0 Å². The van der Waals surface area contributed by atoms with E-state index in [2.05, 4.69) is 48.9 Å². The Bertz CT molecular complexity index is 449. The molecule has 1 aromatic carbocycles. The molecule has 1 rings (SSSR count). The summed E-state index contributed by atoms with van der Waals surface area (Å²) in [6.07, 6.45) is 1.63. The van der Waals surface area contributed by atoms with Crippen molar-refractivity contribution in [1.82, 2.24) is 0 Å². The molecule has 0 fully saturated rings. The van der Waals surface area contributed by atoms with Crippen molar-refractivity contribution in [2.24, 2.45) is 11.3 Å². The van der Waals surface area contributed by atoms with Crippen molar-refractivity contribution in [1.29, 1.82) is 0 Å². The average molecular weight is 326 g/mol. The highest BCUT2D eigenvalue weighted by molar-refractivity contribution is 9.10. The maximum Gasteiger partial charge on any atom is 0.224 e. The molecule has 2 nitrogen and oxygen atoms in total. The summed E-state index contributed by atoms with van der Waals surface area (Å²) in [7, 11) is 0. The van der Waals surface area contributed by atoms with Gasteiger partial charge in [-0.05, 0) is 42.4 Å². The largest absolute Gasteiger partial charge is 0.326 e. The highest BCUT2D eigenvalue weighted by Gasteiger charge is 2.17.